The number of benzene rings is 1. The Hall–Kier alpha value is -0.620. The van der Waals surface area contributed by atoms with Gasteiger partial charge in [0, 0.05) is 18.5 Å². The number of halogens is 1. The molecule has 0 aromatic heterocycles. The molecule has 4 nitrogen and oxygen atoms in total. The quantitative estimate of drug-likeness (QED) is 0.779. The third kappa shape index (κ3) is 3.95. The Balaban J connectivity index is 2.01. The zero-order valence-corrected chi connectivity index (χ0v) is 13.1. The average Bonchev–Trinajstić information content (AvgIpc) is 2.47. The molecule has 1 aromatic rings. The summed E-state index contributed by atoms with van der Waals surface area (Å²) in [6.07, 6.45) is 0.318. The molecule has 1 aliphatic heterocycles. The van der Waals surface area contributed by atoms with E-state index < -0.39 is 10.0 Å². The zero-order valence-electron chi connectivity index (χ0n) is 11.5. The average molecular weight is 318 g/mol. The lowest BCUT2D eigenvalue weighted by atomic mass is 10.2. The lowest BCUT2D eigenvalue weighted by Gasteiger charge is -2.36. The summed E-state index contributed by atoms with van der Waals surface area (Å²) in [5.74, 6) is 0.438. The number of alkyl halides is 1. The maximum Gasteiger partial charge on any atom is 0.214 e. The smallest absolute Gasteiger partial charge is 0.214 e. The van der Waals surface area contributed by atoms with E-state index in [-0.39, 0.29) is 17.9 Å². The molecule has 1 aromatic carbocycles. The van der Waals surface area contributed by atoms with Crippen LogP contribution in [-0.2, 0) is 21.2 Å². The van der Waals surface area contributed by atoms with Gasteiger partial charge >= 0.3 is 0 Å². The fraction of sp³-hybridized carbons (Fsp3) is 0.571. The molecule has 2 unspecified atom stereocenters. The Morgan fingerprint density at radius 3 is 2.70 bits per heavy atom. The fourth-order valence-electron chi connectivity index (χ4n) is 2.28. The van der Waals surface area contributed by atoms with Gasteiger partial charge in [-0.2, -0.15) is 4.31 Å². The third-order valence-corrected chi connectivity index (χ3v) is 5.76. The Bertz CT molecular complexity index is 520. The van der Waals surface area contributed by atoms with E-state index in [0.29, 0.717) is 25.5 Å². The first kappa shape index (κ1) is 15.8. The molecule has 1 fully saturated rings. The van der Waals surface area contributed by atoms with E-state index in [2.05, 4.69) is 0 Å². The van der Waals surface area contributed by atoms with Crippen LogP contribution in [0.1, 0.15) is 12.5 Å². The Kier molecular flexibility index (Phi) is 5.43. The van der Waals surface area contributed by atoms with Crippen LogP contribution in [0.2, 0.25) is 0 Å². The minimum Gasteiger partial charge on any atom is -0.374 e. The Labute approximate surface area is 125 Å². The molecule has 0 amide bonds. The normalized spacial score (nSPS) is 24.7. The van der Waals surface area contributed by atoms with E-state index in [9.17, 15) is 8.42 Å². The molecule has 1 aliphatic rings. The first-order valence-corrected chi connectivity index (χ1v) is 8.88. The van der Waals surface area contributed by atoms with Crippen LogP contribution < -0.4 is 0 Å². The van der Waals surface area contributed by atoms with Gasteiger partial charge in [-0.1, -0.05) is 30.3 Å². The minimum absolute atomic E-state index is 0.121. The van der Waals surface area contributed by atoms with Gasteiger partial charge in [0.25, 0.3) is 0 Å². The summed E-state index contributed by atoms with van der Waals surface area (Å²) in [5, 5.41) is 0. The highest BCUT2D eigenvalue weighted by Gasteiger charge is 2.33. The molecule has 20 heavy (non-hydrogen) atoms. The number of sulfonamides is 1. The molecule has 112 valence electrons. The standard InChI is InChI=1S/C14H20ClNO3S/c1-12-11-19-14(9-15)10-16(12)20(17,18)8-7-13-5-3-2-4-6-13/h2-6,12,14H,7-11H2,1H3. The van der Waals surface area contributed by atoms with E-state index in [0.717, 1.165) is 5.56 Å². The summed E-state index contributed by atoms with van der Waals surface area (Å²) in [6.45, 7) is 2.62. The first-order valence-electron chi connectivity index (χ1n) is 6.74. The van der Waals surface area contributed by atoms with Crippen LogP contribution in [0.15, 0.2) is 30.3 Å². The van der Waals surface area contributed by atoms with E-state index in [1.807, 2.05) is 37.3 Å². The molecule has 0 aliphatic carbocycles. The molecular weight excluding hydrogens is 298 g/mol. The summed E-state index contributed by atoms with van der Waals surface area (Å²) in [6, 6.07) is 9.52. The molecule has 1 heterocycles. The summed E-state index contributed by atoms with van der Waals surface area (Å²) in [5.41, 5.74) is 1.03. The summed E-state index contributed by atoms with van der Waals surface area (Å²) >= 11 is 5.77. The number of rotatable bonds is 5. The molecule has 2 rings (SSSR count). The van der Waals surface area contributed by atoms with Crippen molar-refractivity contribution in [3.63, 3.8) is 0 Å². The fourth-order valence-corrected chi connectivity index (χ4v) is 4.20. The monoisotopic (exact) mass is 317 g/mol. The van der Waals surface area contributed by atoms with Gasteiger partial charge in [0.2, 0.25) is 10.0 Å². The Morgan fingerprint density at radius 2 is 2.05 bits per heavy atom. The van der Waals surface area contributed by atoms with Crippen molar-refractivity contribution < 1.29 is 13.2 Å². The lowest BCUT2D eigenvalue weighted by molar-refractivity contribution is -0.0151. The van der Waals surface area contributed by atoms with Crippen molar-refractivity contribution in [2.24, 2.45) is 0 Å². The number of hydrogen-bond donors (Lipinski definition) is 0. The van der Waals surface area contributed by atoms with Crippen molar-refractivity contribution in [2.45, 2.75) is 25.5 Å². The maximum absolute atomic E-state index is 12.5. The number of ether oxygens (including phenoxy) is 1. The van der Waals surface area contributed by atoms with Crippen LogP contribution in [0.4, 0.5) is 0 Å². The second kappa shape index (κ2) is 6.89. The van der Waals surface area contributed by atoms with Gasteiger partial charge in [0.05, 0.1) is 18.5 Å². The van der Waals surface area contributed by atoms with Gasteiger partial charge in [0.1, 0.15) is 0 Å². The molecule has 1 saturated heterocycles. The van der Waals surface area contributed by atoms with Crippen LogP contribution in [0.3, 0.4) is 0 Å². The lowest BCUT2D eigenvalue weighted by Crippen LogP contribution is -2.52. The molecule has 2 atom stereocenters. The molecule has 0 N–H and O–H groups in total. The highest BCUT2D eigenvalue weighted by atomic mass is 35.5. The molecule has 0 bridgehead atoms. The summed E-state index contributed by atoms with van der Waals surface area (Å²) < 4.78 is 31.9. The number of hydrogen-bond acceptors (Lipinski definition) is 3. The topological polar surface area (TPSA) is 46.6 Å². The van der Waals surface area contributed by atoms with Gasteiger partial charge in [-0.25, -0.2) is 8.42 Å². The molecular formula is C14H20ClNO3S. The van der Waals surface area contributed by atoms with Gasteiger partial charge < -0.3 is 4.74 Å². The Morgan fingerprint density at radius 1 is 1.35 bits per heavy atom. The van der Waals surface area contributed by atoms with Crippen LogP contribution >= 0.6 is 11.6 Å². The molecule has 0 spiro atoms. The van der Waals surface area contributed by atoms with Gasteiger partial charge in [-0.3, -0.25) is 0 Å². The van der Waals surface area contributed by atoms with Crippen molar-refractivity contribution in [3.05, 3.63) is 35.9 Å². The highest BCUT2D eigenvalue weighted by molar-refractivity contribution is 7.89. The van der Waals surface area contributed by atoms with Crippen molar-refractivity contribution >= 4 is 21.6 Å². The second-order valence-corrected chi connectivity index (χ2v) is 7.43. The van der Waals surface area contributed by atoms with E-state index >= 15 is 0 Å². The predicted octanol–water partition coefficient (Wildman–Crippen LogP) is 1.89. The SMILES string of the molecule is CC1COC(CCl)CN1S(=O)(=O)CCc1ccccc1. The predicted molar refractivity (Wildman–Crippen MR) is 80.6 cm³/mol. The van der Waals surface area contributed by atoms with E-state index in [4.69, 9.17) is 16.3 Å². The van der Waals surface area contributed by atoms with Gasteiger partial charge in [-0.05, 0) is 18.9 Å². The van der Waals surface area contributed by atoms with Gasteiger partial charge in [0.15, 0.2) is 0 Å². The number of aryl methyl sites for hydroxylation is 1. The highest BCUT2D eigenvalue weighted by Crippen LogP contribution is 2.18. The largest absolute Gasteiger partial charge is 0.374 e. The maximum atomic E-state index is 12.5. The number of nitrogens with zero attached hydrogens (tertiary/aromatic N) is 1. The van der Waals surface area contributed by atoms with Crippen molar-refractivity contribution in [1.29, 1.82) is 0 Å². The molecule has 0 radical (unpaired) electrons. The van der Waals surface area contributed by atoms with E-state index in [1.54, 1.807) is 0 Å². The van der Waals surface area contributed by atoms with Crippen LogP contribution in [-0.4, -0.2) is 49.7 Å². The first-order chi connectivity index (χ1) is 9.53. The molecule has 0 saturated carbocycles. The second-order valence-electron chi connectivity index (χ2n) is 5.08. The zero-order chi connectivity index (χ0) is 14.6. The summed E-state index contributed by atoms with van der Waals surface area (Å²) in [4.78, 5) is 0. The van der Waals surface area contributed by atoms with E-state index in [1.165, 1.54) is 4.31 Å². The van der Waals surface area contributed by atoms with Gasteiger partial charge in [-0.15, -0.1) is 11.6 Å². The molecule has 6 heteroatoms. The van der Waals surface area contributed by atoms with Crippen LogP contribution in [0, 0.1) is 0 Å². The number of morpholine rings is 1. The van der Waals surface area contributed by atoms with Crippen molar-refractivity contribution in [2.75, 3.05) is 24.8 Å². The summed E-state index contributed by atoms with van der Waals surface area (Å²) in [7, 11) is -3.28. The van der Waals surface area contributed by atoms with Crippen molar-refractivity contribution in [3.8, 4) is 0 Å². The third-order valence-electron chi connectivity index (χ3n) is 3.47. The van der Waals surface area contributed by atoms with Crippen molar-refractivity contribution in [1.82, 2.24) is 4.31 Å². The van der Waals surface area contributed by atoms with Crippen LogP contribution in [0.5, 0.6) is 0 Å². The van der Waals surface area contributed by atoms with Crippen LogP contribution in [0.25, 0.3) is 0 Å². The minimum atomic E-state index is -3.28.